The molecule has 1 saturated heterocycles. The first-order valence-corrected chi connectivity index (χ1v) is 10.3. The first kappa shape index (κ1) is 18.8. The molecule has 0 bridgehead atoms. The molecule has 2 atom stereocenters. The van der Waals surface area contributed by atoms with Crippen molar-refractivity contribution < 1.29 is 23.8 Å². The van der Waals surface area contributed by atoms with Crippen molar-refractivity contribution in [1.82, 2.24) is 10.2 Å². The van der Waals surface area contributed by atoms with Gasteiger partial charge in [-0.25, -0.2) is 0 Å². The monoisotopic (exact) mass is 408 g/mol. The lowest BCUT2D eigenvalue weighted by molar-refractivity contribution is -0.129. The van der Waals surface area contributed by atoms with E-state index >= 15 is 0 Å². The summed E-state index contributed by atoms with van der Waals surface area (Å²) >= 11 is 0. The third-order valence-corrected chi connectivity index (χ3v) is 6.26. The number of fused-ring (bicyclic) bond motifs is 2. The lowest BCUT2D eigenvalue weighted by atomic mass is 9.82. The number of ether oxygens (including phenoxy) is 3. The Morgan fingerprint density at radius 2 is 1.93 bits per heavy atom. The smallest absolute Gasteiger partial charge is 0.251 e. The molecule has 3 aliphatic rings. The molecule has 7 nitrogen and oxygen atoms in total. The Bertz CT molecular complexity index is 1010. The fourth-order valence-electron chi connectivity index (χ4n) is 4.48. The van der Waals surface area contributed by atoms with Crippen molar-refractivity contribution in [3.63, 3.8) is 0 Å². The van der Waals surface area contributed by atoms with Crippen LogP contribution in [-0.2, 0) is 4.79 Å². The van der Waals surface area contributed by atoms with Gasteiger partial charge in [-0.05, 0) is 30.7 Å². The Hall–Kier alpha value is -3.22. The number of rotatable bonds is 2. The normalized spacial score (nSPS) is 24.8. The molecular weight excluding hydrogens is 384 g/mol. The molecule has 1 fully saturated rings. The zero-order chi connectivity index (χ0) is 20.7. The zero-order valence-electron chi connectivity index (χ0n) is 16.8. The first-order valence-electron chi connectivity index (χ1n) is 10.3. The molecule has 3 heterocycles. The minimum absolute atomic E-state index is 0.135. The maximum absolute atomic E-state index is 13.1. The number of nitrogens with one attached hydrogen (secondary N) is 1. The van der Waals surface area contributed by atoms with Gasteiger partial charge >= 0.3 is 0 Å². The van der Waals surface area contributed by atoms with Gasteiger partial charge in [-0.3, -0.25) is 9.59 Å². The van der Waals surface area contributed by atoms with Crippen molar-refractivity contribution in [3.05, 3.63) is 53.6 Å². The summed E-state index contributed by atoms with van der Waals surface area (Å²) in [7, 11) is 1.83. The van der Waals surface area contributed by atoms with Crippen LogP contribution in [-0.4, -0.2) is 42.7 Å². The van der Waals surface area contributed by atoms with Gasteiger partial charge in [0.15, 0.2) is 11.5 Å². The molecule has 5 rings (SSSR count). The predicted molar refractivity (Wildman–Crippen MR) is 109 cm³/mol. The van der Waals surface area contributed by atoms with Crippen LogP contribution in [0.3, 0.4) is 0 Å². The molecule has 3 aliphatic heterocycles. The quantitative estimate of drug-likeness (QED) is 0.827. The molecule has 2 aromatic rings. The van der Waals surface area contributed by atoms with Crippen LogP contribution < -0.4 is 19.5 Å². The van der Waals surface area contributed by atoms with E-state index in [4.69, 9.17) is 14.2 Å². The van der Waals surface area contributed by atoms with Gasteiger partial charge in [-0.15, -0.1) is 0 Å². The zero-order valence-corrected chi connectivity index (χ0v) is 16.8. The fourth-order valence-corrected chi connectivity index (χ4v) is 4.48. The summed E-state index contributed by atoms with van der Waals surface area (Å²) in [4.78, 5) is 27.0. The molecule has 2 amide bonds. The maximum atomic E-state index is 13.1. The number of carbonyl (C=O) groups excluding carboxylic acids is 2. The number of hydrogen-bond donors (Lipinski definition) is 1. The largest absolute Gasteiger partial charge is 0.487 e. The molecule has 30 heavy (non-hydrogen) atoms. The van der Waals surface area contributed by atoms with Crippen LogP contribution in [0.25, 0.3) is 0 Å². The van der Waals surface area contributed by atoms with Crippen molar-refractivity contribution in [3.8, 4) is 17.2 Å². The van der Waals surface area contributed by atoms with Gasteiger partial charge in [-0.1, -0.05) is 18.2 Å². The molecule has 0 unspecified atom stereocenters. The molecule has 1 N–H and O–H groups in total. The predicted octanol–water partition coefficient (Wildman–Crippen LogP) is 3.05. The van der Waals surface area contributed by atoms with E-state index < -0.39 is 5.60 Å². The van der Waals surface area contributed by atoms with E-state index in [2.05, 4.69) is 5.32 Å². The molecule has 0 aromatic heterocycles. The van der Waals surface area contributed by atoms with Gasteiger partial charge < -0.3 is 24.4 Å². The number of hydrogen-bond acceptors (Lipinski definition) is 5. The SMILES string of the molecule is CN1CC[C@@]2(CCC1=O)C[C@H](NC(=O)c1ccc3c(c1)OCO3)c1ccccc1O2. The molecule has 2 aromatic carbocycles. The van der Waals surface area contributed by atoms with Gasteiger partial charge in [0.2, 0.25) is 12.7 Å². The Morgan fingerprint density at radius 1 is 1.10 bits per heavy atom. The Labute approximate surface area is 174 Å². The lowest BCUT2D eigenvalue weighted by Gasteiger charge is -2.42. The maximum Gasteiger partial charge on any atom is 0.251 e. The molecule has 156 valence electrons. The minimum Gasteiger partial charge on any atom is -0.487 e. The summed E-state index contributed by atoms with van der Waals surface area (Å²) in [6.07, 6.45) is 2.45. The van der Waals surface area contributed by atoms with Crippen LogP contribution in [0.15, 0.2) is 42.5 Å². The topological polar surface area (TPSA) is 77.1 Å². The van der Waals surface area contributed by atoms with Crippen LogP contribution in [0.1, 0.15) is 47.6 Å². The van der Waals surface area contributed by atoms with Crippen LogP contribution in [0.4, 0.5) is 0 Å². The number of nitrogens with zero attached hydrogens (tertiary/aromatic N) is 1. The van der Waals surface area contributed by atoms with Crippen molar-refractivity contribution in [2.75, 3.05) is 20.4 Å². The number of amides is 2. The fraction of sp³-hybridized carbons (Fsp3) is 0.391. The van der Waals surface area contributed by atoms with Crippen LogP contribution in [0, 0.1) is 0 Å². The number of carbonyl (C=O) groups is 2. The van der Waals surface area contributed by atoms with Crippen molar-refractivity contribution in [1.29, 1.82) is 0 Å². The van der Waals surface area contributed by atoms with Crippen LogP contribution in [0.5, 0.6) is 17.2 Å². The standard InChI is InChI=1S/C23H24N2O5/c1-25-11-10-23(9-8-21(25)26)13-17(16-4-2-3-5-18(16)30-23)24-22(27)15-6-7-19-20(12-15)29-14-28-19/h2-7,12,17H,8-11,13-14H2,1H3,(H,24,27)/t17-,23-/m0/s1. The highest BCUT2D eigenvalue weighted by atomic mass is 16.7. The van der Waals surface area contributed by atoms with Gasteiger partial charge in [0, 0.05) is 44.0 Å². The van der Waals surface area contributed by atoms with E-state index in [0.29, 0.717) is 42.9 Å². The summed E-state index contributed by atoms with van der Waals surface area (Å²) in [6, 6.07) is 12.8. The summed E-state index contributed by atoms with van der Waals surface area (Å²) in [5, 5.41) is 3.18. The molecule has 1 spiro atoms. The Balaban J connectivity index is 1.42. The summed E-state index contributed by atoms with van der Waals surface area (Å²) in [5.41, 5.74) is 1.01. The molecule has 0 saturated carbocycles. The molecule has 0 aliphatic carbocycles. The second-order valence-corrected chi connectivity index (χ2v) is 8.19. The minimum atomic E-state index is -0.471. The second kappa shape index (κ2) is 7.23. The van der Waals surface area contributed by atoms with Crippen LogP contribution >= 0.6 is 0 Å². The van der Waals surface area contributed by atoms with E-state index in [0.717, 1.165) is 17.7 Å². The van der Waals surface area contributed by atoms with Gasteiger partial charge in [0.1, 0.15) is 11.4 Å². The van der Waals surface area contributed by atoms with Crippen molar-refractivity contribution in [2.24, 2.45) is 0 Å². The van der Waals surface area contributed by atoms with E-state index in [1.54, 1.807) is 23.1 Å². The average molecular weight is 408 g/mol. The highest BCUT2D eigenvalue weighted by Gasteiger charge is 2.43. The Morgan fingerprint density at radius 3 is 2.83 bits per heavy atom. The lowest BCUT2D eigenvalue weighted by Crippen LogP contribution is -2.45. The van der Waals surface area contributed by atoms with Crippen molar-refractivity contribution >= 4 is 11.8 Å². The first-order chi connectivity index (χ1) is 14.5. The van der Waals surface area contributed by atoms with E-state index in [1.807, 2.05) is 31.3 Å². The average Bonchev–Trinajstić information content (AvgIpc) is 3.19. The summed E-state index contributed by atoms with van der Waals surface area (Å²) in [6.45, 7) is 0.813. The summed E-state index contributed by atoms with van der Waals surface area (Å²) in [5.74, 6) is 1.96. The van der Waals surface area contributed by atoms with E-state index in [-0.39, 0.29) is 24.6 Å². The number of para-hydroxylation sites is 1. The molecular formula is C23H24N2O5. The van der Waals surface area contributed by atoms with E-state index in [1.165, 1.54) is 0 Å². The van der Waals surface area contributed by atoms with Gasteiger partial charge in [0.05, 0.1) is 6.04 Å². The van der Waals surface area contributed by atoms with Gasteiger partial charge in [-0.2, -0.15) is 0 Å². The molecule has 7 heteroatoms. The van der Waals surface area contributed by atoms with Crippen molar-refractivity contribution in [2.45, 2.75) is 37.3 Å². The third kappa shape index (κ3) is 3.34. The third-order valence-electron chi connectivity index (χ3n) is 6.26. The van der Waals surface area contributed by atoms with Gasteiger partial charge in [0.25, 0.3) is 5.91 Å². The van der Waals surface area contributed by atoms with Crippen LogP contribution in [0.2, 0.25) is 0 Å². The highest BCUT2D eigenvalue weighted by molar-refractivity contribution is 5.95. The Kier molecular flexibility index (Phi) is 4.53. The second-order valence-electron chi connectivity index (χ2n) is 8.19. The number of benzene rings is 2. The number of likely N-dealkylation sites (tertiary alicyclic amines) is 1. The molecule has 0 radical (unpaired) electrons. The highest BCUT2D eigenvalue weighted by Crippen LogP contribution is 2.44. The summed E-state index contributed by atoms with van der Waals surface area (Å²) < 4.78 is 17.2. The van der Waals surface area contributed by atoms with E-state index in [9.17, 15) is 9.59 Å².